The molecular formula is C36H31BrN2O5S. The van der Waals surface area contributed by atoms with Crippen molar-refractivity contribution >= 4 is 50.1 Å². The maximum atomic E-state index is 14.2. The lowest BCUT2D eigenvalue weighted by Crippen LogP contribution is -2.40. The minimum Gasteiger partial charge on any atom is -0.496 e. The Morgan fingerprint density at radius 2 is 1.78 bits per heavy atom. The van der Waals surface area contributed by atoms with Crippen LogP contribution in [0, 0.1) is 0 Å². The molecule has 0 unspecified atom stereocenters. The molecule has 9 heteroatoms. The van der Waals surface area contributed by atoms with Crippen LogP contribution in [-0.2, 0) is 16.1 Å². The molecule has 228 valence electrons. The summed E-state index contributed by atoms with van der Waals surface area (Å²) in [5, 5.41) is 2.28. The van der Waals surface area contributed by atoms with Gasteiger partial charge in [0.05, 0.1) is 29.0 Å². The van der Waals surface area contributed by atoms with Gasteiger partial charge >= 0.3 is 5.97 Å². The number of allylic oxidation sites excluding steroid dienone is 1. The highest BCUT2D eigenvalue weighted by molar-refractivity contribution is 9.10. The molecule has 1 atom stereocenters. The fourth-order valence-corrected chi connectivity index (χ4v) is 6.94. The predicted molar refractivity (Wildman–Crippen MR) is 180 cm³/mol. The van der Waals surface area contributed by atoms with Crippen LogP contribution in [0.1, 0.15) is 43.5 Å². The molecule has 0 amide bonds. The van der Waals surface area contributed by atoms with Crippen LogP contribution in [0.15, 0.2) is 110 Å². The first-order valence-electron chi connectivity index (χ1n) is 14.5. The second-order valence-corrected chi connectivity index (χ2v) is 12.8. The van der Waals surface area contributed by atoms with Gasteiger partial charge in [0.15, 0.2) is 4.80 Å². The van der Waals surface area contributed by atoms with Crippen molar-refractivity contribution < 1.29 is 19.0 Å². The fourth-order valence-electron chi connectivity index (χ4n) is 5.52. The van der Waals surface area contributed by atoms with E-state index >= 15 is 0 Å². The average Bonchev–Trinajstić information content (AvgIpc) is 3.33. The van der Waals surface area contributed by atoms with E-state index in [0.717, 1.165) is 26.4 Å². The van der Waals surface area contributed by atoms with Crippen molar-refractivity contribution in [3.63, 3.8) is 0 Å². The highest BCUT2D eigenvalue weighted by Gasteiger charge is 2.35. The Kier molecular flexibility index (Phi) is 8.74. The molecule has 7 nitrogen and oxygen atoms in total. The van der Waals surface area contributed by atoms with Crippen LogP contribution < -0.4 is 24.4 Å². The quantitative estimate of drug-likeness (QED) is 0.171. The normalized spacial score (nSPS) is 14.8. The van der Waals surface area contributed by atoms with Gasteiger partial charge < -0.3 is 14.2 Å². The standard InChI is InChI=1S/C36H31BrN2O5S/c1-21(2)44-35(41)32-22(3)38-36-39(33(32)28-19-26(37)16-17-30(28)42-4)34(40)31(45-36)18-24-11-6-8-15-29(24)43-20-25-13-9-12-23-10-5-7-14-27(23)25/h5-19,21,33H,20H2,1-4H3/b31-18-/t33-/m1/s1. The number of halogens is 1. The molecule has 0 bridgehead atoms. The molecule has 1 aliphatic heterocycles. The van der Waals surface area contributed by atoms with Gasteiger partial charge in [0.1, 0.15) is 24.1 Å². The summed E-state index contributed by atoms with van der Waals surface area (Å²) in [5.74, 6) is 0.660. The van der Waals surface area contributed by atoms with E-state index in [1.54, 1.807) is 38.5 Å². The highest BCUT2D eigenvalue weighted by atomic mass is 79.9. The highest BCUT2D eigenvalue weighted by Crippen LogP contribution is 2.37. The van der Waals surface area contributed by atoms with Gasteiger partial charge in [-0.05, 0) is 67.4 Å². The lowest BCUT2D eigenvalue weighted by Gasteiger charge is -2.26. The molecule has 2 heterocycles. The Labute approximate surface area is 272 Å². The van der Waals surface area contributed by atoms with Crippen LogP contribution in [-0.4, -0.2) is 23.8 Å². The first-order chi connectivity index (χ1) is 21.7. The van der Waals surface area contributed by atoms with Gasteiger partial charge in [-0.1, -0.05) is 87.9 Å². The van der Waals surface area contributed by atoms with E-state index in [0.29, 0.717) is 38.7 Å². The molecule has 0 saturated carbocycles. The zero-order valence-electron chi connectivity index (χ0n) is 25.2. The number of para-hydroxylation sites is 1. The summed E-state index contributed by atoms with van der Waals surface area (Å²) in [6.45, 7) is 5.72. The SMILES string of the molecule is COc1ccc(Br)cc1[C@@H]1C(C(=O)OC(C)C)=C(C)N=c2s/c(=C\c3ccccc3OCc3cccc4ccccc34)c(=O)n21. The number of hydrogen-bond donors (Lipinski definition) is 0. The minimum absolute atomic E-state index is 0.281. The van der Waals surface area contributed by atoms with Crippen molar-refractivity contribution in [1.29, 1.82) is 0 Å². The number of carbonyl (C=O) groups is 1. The Hall–Kier alpha value is -4.47. The van der Waals surface area contributed by atoms with E-state index in [4.69, 9.17) is 19.2 Å². The number of fused-ring (bicyclic) bond motifs is 2. The van der Waals surface area contributed by atoms with Crippen molar-refractivity contribution in [1.82, 2.24) is 4.57 Å². The number of nitrogens with zero attached hydrogens (tertiary/aromatic N) is 2. The second kappa shape index (κ2) is 12.9. The van der Waals surface area contributed by atoms with Gasteiger partial charge in [-0.2, -0.15) is 0 Å². The van der Waals surface area contributed by atoms with Crippen molar-refractivity contribution in [2.45, 2.75) is 39.5 Å². The Morgan fingerprint density at radius 3 is 2.58 bits per heavy atom. The van der Waals surface area contributed by atoms with Crippen molar-refractivity contribution in [3.8, 4) is 11.5 Å². The molecule has 0 radical (unpaired) electrons. The second-order valence-electron chi connectivity index (χ2n) is 10.9. The summed E-state index contributed by atoms with van der Waals surface area (Å²) < 4.78 is 20.5. The van der Waals surface area contributed by atoms with Crippen LogP contribution in [0.5, 0.6) is 11.5 Å². The monoisotopic (exact) mass is 682 g/mol. The molecule has 0 N–H and O–H groups in total. The first kappa shape index (κ1) is 30.6. The summed E-state index contributed by atoms with van der Waals surface area (Å²) in [7, 11) is 1.56. The zero-order chi connectivity index (χ0) is 31.7. The summed E-state index contributed by atoms with van der Waals surface area (Å²) >= 11 is 4.81. The zero-order valence-corrected chi connectivity index (χ0v) is 27.6. The topological polar surface area (TPSA) is 79.1 Å². The molecule has 1 aromatic heterocycles. The van der Waals surface area contributed by atoms with Gasteiger partial charge in [-0.25, -0.2) is 9.79 Å². The Morgan fingerprint density at radius 1 is 1.02 bits per heavy atom. The van der Waals surface area contributed by atoms with Crippen LogP contribution in [0.3, 0.4) is 0 Å². The molecule has 0 aliphatic carbocycles. The molecule has 5 aromatic rings. The number of rotatable bonds is 8. The van der Waals surface area contributed by atoms with Gasteiger partial charge in [0.25, 0.3) is 5.56 Å². The molecular weight excluding hydrogens is 652 g/mol. The average molecular weight is 684 g/mol. The van der Waals surface area contributed by atoms with Crippen molar-refractivity contribution in [3.05, 3.63) is 137 Å². The number of thiazole rings is 1. The van der Waals surface area contributed by atoms with Crippen LogP contribution >= 0.6 is 27.3 Å². The third kappa shape index (κ3) is 6.10. The summed E-state index contributed by atoms with van der Waals surface area (Å²) in [6, 6.07) is 26.7. The Bertz CT molecular complexity index is 2140. The number of carbonyl (C=O) groups excluding carboxylic acids is 1. The molecule has 0 spiro atoms. The number of hydrogen-bond acceptors (Lipinski definition) is 7. The van der Waals surface area contributed by atoms with Crippen molar-refractivity contribution in [2.75, 3.05) is 7.11 Å². The number of esters is 1. The molecule has 4 aromatic carbocycles. The number of methoxy groups -OCH3 is 1. The third-order valence-electron chi connectivity index (χ3n) is 7.54. The molecule has 0 saturated heterocycles. The maximum absolute atomic E-state index is 14.2. The predicted octanol–water partition coefficient (Wildman–Crippen LogP) is 6.69. The largest absolute Gasteiger partial charge is 0.496 e. The molecule has 1 aliphatic rings. The summed E-state index contributed by atoms with van der Waals surface area (Å²) in [6.07, 6.45) is 1.47. The van der Waals surface area contributed by atoms with Gasteiger partial charge in [-0.3, -0.25) is 9.36 Å². The Balaban J connectivity index is 1.45. The van der Waals surface area contributed by atoms with E-state index in [2.05, 4.69) is 40.2 Å². The fraction of sp³-hybridized carbons (Fsp3) is 0.194. The summed E-state index contributed by atoms with van der Waals surface area (Å²) in [4.78, 5) is 32.9. The maximum Gasteiger partial charge on any atom is 0.338 e. The summed E-state index contributed by atoms with van der Waals surface area (Å²) in [5.41, 5.74) is 2.97. The number of benzene rings is 4. The number of aromatic nitrogens is 1. The van der Waals surface area contributed by atoms with Crippen LogP contribution in [0.4, 0.5) is 0 Å². The van der Waals surface area contributed by atoms with E-state index in [1.165, 1.54) is 11.3 Å². The number of ether oxygens (including phenoxy) is 3. The van der Waals surface area contributed by atoms with Crippen molar-refractivity contribution in [2.24, 2.45) is 4.99 Å². The van der Waals surface area contributed by atoms with Crippen LogP contribution in [0.25, 0.3) is 16.8 Å². The lowest BCUT2D eigenvalue weighted by atomic mass is 9.95. The smallest absolute Gasteiger partial charge is 0.338 e. The van der Waals surface area contributed by atoms with Gasteiger partial charge in [-0.15, -0.1) is 0 Å². The minimum atomic E-state index is -0.806. The van der Waals surface area contributed by atoms with Crippen LogP contribution in [0.2, 0.25) is 0 Å². The van der Waals surface area contributed by atoms with E-state index in [-0.39, 0.29) is 17.2 Å². The van der Waals surface area contributed by atoms with E-state index in [9.17, 15) is 9.59 Å². The lowest BCUT2D eigenvalue weighted by molar-refractivity contribution is -0.143. The molecule has 45 heavy (non-hydrogen) atoms. The van der Waals surface area contributed by atoms with Gasteiger partial charge in [0, 0.05) is 15.6 Å². The van der Waals surface area contributed by atoms with Gasteiger partial charge in [0.2, 0.25) is 0 Å². The third-order valence-corrected chi connectivity index (χ3v) is 9.02. The first-order valence-corrected chi connectivity index (χ1v) is 16.1. The molecule has 6 rings (SSSR count). The van der Waals surface area contributed by atoms with E-state index in [1.807, 2.05) is 60.7 Å². The molecule has 0 fully saturated rings. The van der Waals surface area contributed by atoms with E-state index < -0.39 is 12.0 Å².